The smallest absolute Gasteiger partial charge is 0.261 e. The third kappa shape index (κ3) is 4.92. The Morgan fingerprint density at radius 2 is 1.72 bits per heavy atom. The van der Waals surface area contributed by atoms with Gasteiger partial charge in [0, 0.05) is 13.2 Å². The zero-order valence-electron chi connectivity index (χ0n) is 17.5. The Kier molecular flexibility index (Phi) is 6.42. The number of aliphatic hydroxyl groups is 1. The van der Waals surface area contributed by atoms with Gasteiger partial charge in [-0.1, -0.05) is 30.3 Å². The van der Waals surface area contributed by atoms with Gasteiger partial charge in [0.2, 0.25) is 0 Å². The Morgan fingerprint density at radius 1 is 1.06 bits per heavy atom. The Hall–Kier alpha value is -3.78. The summed E-state index contributed by atoms with van der Waals surface area (Å²) in [5, 5.41) is 21.1. The molecule has 8 heteroatoms. The van der Waals surface area contributed by atoms with Crippen LogP contribution >= 0.6 is 0 Å². The summed E-state index contributed by atoms with van der Waals surface area (Å²) >= 11 is 0. The van der Waals surface area contributed by atoms with Crippen LogP contribution in [0.1, 0.15) is 18.1 Å². The number of halogens is 1. The minimum atomic E-state index is -0.789. The van der Waals surface area contributed by atoms with Crippen LogP contribution in [0.3, 0.4) is 0 Å². The molecule has 0 radical (unpaired) electrons. The summed E-state index contributed by atoms with van der Waals surface area (Å²) in [7, 11) is 0. The van der Waals surface area contributed by atoms with Crippen molar-refractivity contribution in [3.8, 4) is 11.4 Å². The van der Waals surface area contributed by atoms with Crippen LogP contribution in [-0.4, -0.2) is 38.7 Å². The minimum absolute atomic E-state index is 0.0103. The van der Waals surface area contributed by atoms with Gasteiger partial charge in [0.25, 0.3) is 5.91 Å². The van der Waals surface area contributed by atoms with Crippen molar-refractivity contribution in [2.75, 3.05) is 6.61 Å². The van der Waals surface area contributed by atoms with E-state index in [4.69, 9.17) is 4.74 Å². The van der Waals surface area contributed by atoms with Crippen LogP contribution in [0, 0.1) is 5.82 Å². The zero-order chi connectivity index (χ0) is 22.5. The third-order valence-corrected chi connectivity index (χ3v) is 4.98. The molecule has 0 unspecified atom stereocenters. The van der Waals surface area contributed by atoms with E-state index in [1.165, 1.54) is 16.9 Å². The molecule has 0 aliphatic rings. The number of nitrogens with zero attached hydrogens (tertiary/aromatic N) is 3. The average molecular weight is 434 g/mol. The predicted octanol–water partition coefficient (Wildman–Crippen LogP) is 3.18. The van der Waals surface area contributed by atoms with Crippen LogP contribution < -0.4 is 10.1 Å². The molecule has 0 bridgehead atoms. The maximum Gasteiger partial charge on any atom is 0.261 e. The quantitative estimate of drug-likeness (QED) is 0.445. The fourth-order valence-electron chi connectivity index (χ4n) is 3.25. The highest BCUT2D eigenvalue weighted by Crippen LogP contribution is 2.26. The number of hydrogen-bond acceptors (Lipinski definition) is 5. The fourth-order valence-corrected chi connectivity index (χ4v) is 3.25. The van der Waals surface area contributed by atoms with Crippen molar-refractivity contribution in [1.29, 1.82) is 0 Å². The molecular formula is C24H23FN4O3. The highest BCUT2D eigenvalue weighted by molar-refractivity contribution is 5.81. The minimum Gasteiger partial charge on any atom is -0.479 e. The van der Waals surface area contributed by atoms with Gasteiger partial charge in [-0.2, -0.15) is 0 Å². The highest BCUT2D eigenvalue weighted by Gasteiger charge is 2.18. The number of nitrogens with one attached hydrogen (secondary N) is 1. The number of benzene rings is 3. The van der Waals surface area contributed by atoms with Gasteiger partial charge in [-0.3, -0.25) is 4.79 Å². The van der Waals surface area contributed by atoms with Crippen LogP contribution in [0.25, 0.3) is 16.7 Å². The largest absolute Gasteiger partial charge is 0.479 e. The molecule has 4 rings (SSSR count). The molecule has 1 aromatic heterocycles. The van der Waals surface area contributed by atoms with E-state index in [9.17, 15) is 14.3 Å². The standard InChI is InChI=1S/C24H23FN4O3/c1-16(24(31)26-15-18-6-9-19(25)10-7-18)32-23-11-8-17(12-13-30)14-22(23)29-27-20-4-2-3-5-21(20)28-29/h2-11,14,16,30H,12-13,15H2,1H3,(H,26,31)/t16-/m1/s1. The molecule has 0 saturated heterocycles. The molecule has 0 saturated carbocycles. The lowest BCUT2D eigenvalue weighted by atomic mass is 10.1. The van der Waals surface area contributed by atoms with Crippen molar-refractivity contribution >= 4 is 16.9 Å². The molecule has 0 fully saturated rings. The van der Waals surface area contributed by atoms with Gasteiger partial charge in [0.15, 0.2) is 6.10 Å². The number of rotatable bonds is 8. The molecule has 7 nitrogen and oxygen atoms in total. The number of fused-ring (bicyclic) bond motifs is 1. The normalized spacial score (nSPS) is 12.0. The maximum absolute atomic E-state index is 13.0. The van der Waals surface area contributed by atoms with Crippen LogP contribution in [0.15, 0.2) is 66.7 Å². The van der Waals surface area contributed by atoms with Gasteiger partial charge < -0.3 is 15.2 Å². The molecule has 0 spiro atoms. The fraction of sp³-hybridized carbons (Fsp3) is 0.208. The van der Waals surface area contributed by atoms with E-state index in [0.29, 0.717) is 17.9 Å². The van der Waals surface area contributed by atoms with E-state index in [1.54, 1.807) is 25.1 Å². The lowest BCUT2D eigenvalue weighted by molar-refractivity contribution is -0.127. The molecule has 32 heavy (non-hydrogen) atoms. The number of hydrogen-bond donors (Lipinski definition) is 2. The van der Waals surface area contributed by atoms with E-state index >= 15 is 0 Å². The van der Waals surface area contributed by atoms with E-state index < -0.39 is 6.10 Å². The monoisotopic (exact) mass is 434 g/mol. The van der Waals surface area contributed by atoms with Gasteiger partial charge in [0.05, 0.1) is 0 Å². The van der Waals surface area contributed by atoms with Crippen LogP contribution in [0.5, 0.6) is 5.75 Å². The Balaban J connectivity index is 1.54. The number of carbonyl (C=O) groups is 1. The molecule has 164 valence electrons. The second-order valence-corrected chi connectivity index (χ2v) is 7.36. The first-order valence-electron chi connectivity index (χ1n) is 10.3. The molecule has 3 aromatic carbocycles. The Labute approximate surface area is 184 Å². The van der Waals surface area contributed by atoms with E-state index in [2.05, 4.69) is 15.5 Å². The van der Waals surface area contributed by atoms with Crippen molar-refractivity contribution in [2.45, 2.75) is 26.0 Å². The van der Waals surface area contributed by atoms with Crippen LogP contribution in [0.2, 0.25) is 0 Å². The van der Waals surface area contributed by atoms with Crippen LogP contribution in [0.4, 0.5) is 4.39 Å². The molecule has 4 aromatic rings. The van der Waals surface area contributed by atoms with Crippen molar-refractivity contribution in [1.82, 2.24) is 20.3 Å². The molecule has 1 heterocycles. The Morgan fingerprint density at radius 3 is 2.38 bits per heavy atom. The molecule has 2 N–H and O–H groups in total. The topological polar surface area (TPSA) is 89.3 Å². The average Bonchev–Trinajstić information content (AvgIpc) is 3.23. The second-order valence-electron chi connectivity index (χ2n) is 7.36. The van der Waals surface area contributed by atoms with Gasteiger partial charge in [0.1, 0.15) is 28.3 Å². The number of carbonyl (C=O) groups excluding carboxylic acids is 1. The molecular weight excluding hydrogens is 411 g/mol. The van der Waals surface area contributed by atoms with Crippen LogP contribution in [-0.2, 0) is 17.8 Å². The van der Waals surface area contributed by atoms with Crippen molar-refractivity contribution in [3.05, 3.63) is 83.7 Å². The van der Waals surface area contributed by atoms with Crippen molar-refractivity contribution in [2.24, 2.45) is 0 Å². The molecule has 0 aliphatic heterocycles. The lowest BCUT2D eigenvalue weighted by Gasteiger charge is -2.17. The van der Waals surface area contributed by atoms with E-state index in [-0.39, 0.29) is 24.9 Å². The first-order valence-corrected chi connectivity index (χ1v) is 10.3. The first-order chi connectivity index (χ1) is 15.5. The maximum atomic E-state index is 13.0. The number of ether oxygens (including phenoxy) is 1. The summed E-state index contributed by atoms with van der Waals surface area (Å²) in [6.07, 6.45) is -0.315. The summed E-state index contributed by atoms with van der Waals surface area (Å²) in [6, 6.07) is 18.9. The summed E-state index contributed by atoms with van der Waals surface area (Å²) in [4.78, 5) is 14.0. The lowest BCUT2D eigenvalue weighted by Crippen LogP contribution is -2.36. The third-order valence-electron chi connectivity index (χ3n) is 4.98. The van der Waals surface area contributed by atoms with Crippen molar-refractivity contribution in [3.63, 3.8) is 0 Å². The molecule has 1 atom stereocenters. The van der Waals surface area contributed by atoms with Gasteiger partial charge >= 0.3 is 0 Å². The molecule has 0 aliphatic carbocycles. The summed E-state index contributed by atoms with van der Waals surface area (Å²) in [6.45, 7) is 1.93. The van der Waals surface area contributed by atoms with Gasteiger partial charge in [-0.05, 0) is 60.9 Å². The summed E-state index contributed by atoms with van der Waals surface area (Å²) in [5.41, 5.74) is 3.72. The predicted molar refractivity (Wildman–Crippen MR) is 118 cm³/mol. The number of aliphatic hydroxyl groups excluding tert-OH is 1. The summed E-state index contributed by atoms with van der Waals surface area (Å²) in [5.74, 6) is -0.191. The molecule has 1 amide bonds. The Bertz CT molecular complexity index is 1190. The van der Waals surface area contributed by atoms with E-state index in [1.807, 2.05) is 36.4 Å². The zero-order valence-corrected chi connectivity index (χ0v) is 17.5. The van der Waals surface area contributed by atoms with Gasteiger partial charge in [-0.25, -0.2) is 4.39 Å². The number of amides is 1. The van der Waals surface area contributed by atoms with Crippen molar-refractivity contribution < 1.29 is 19.0 Å². The van der Waals surface area contributed by atoms with E-state index in [0.717, 1.165) is 22.2 Å². The van der Waals surface area contributed by atoms with Gasteiger partial charge in [-0.15, -0.1) is 15.0 Å². The first kappa shape index (κ1) is 21.5. The SMILES string of the molecule is C[C@@H](Oc1ccc(CCO)cc1-n1nc2ccccc2n1)C(=O)NCc1ccc(F)cc1. The second kappa shape index (κ2) is 9.57. The number of aromatic nitrogens is 3. The highest BCUT2D eigenvalue weighted by atomic mass is 19.1. The summed E-state index contributed by atoms with van der Waals surface area (Å²) < 4.78 is 19.0.